The molecule has 8 nitrogen and oxygen atoms in total. The molecular formula is C24H27N3O5. The van der Waals surface area contributed by atoms with E-state index in [-0.39, 0.29) is 24.5 Å². The normalized spacial score (nSPS) is 14.0. The van der Waals surface area contributed by atoms with Gasteiger partial charge in [0.2, 0.25) is 11.7 Å². The van der Waals surface area contributed by atoms with Gasteiger partial charge in [-0.05, 0) is 47.9 Å². The summed E-state index contributed by atoms with van der Waals surface area (Å²) in [6, 6.07) is 12.9. The van der Waals surface area contributed by atoms with Gasteiger partial charge in [0, 0.05) is 18.9 Å². The summed E-state index contributed by atoms with van der Waals surface area (Å²) in [6.45, 7) is 7.04. The smallest absolute Gasteiger partial charge is 0.258 e. The number of hydrogen-bond acceptors (Lipinski definition) is 7. The van der Waals surface area contributed by atoms with Crippen LogP contribution in [0.2, 0.25) is 0 Å². The van der Waals surface area contributed by atoms with Gasteiger partial charge in [-0.1, -0.05) is 25.1 Å². The molecule has 0 saturated carbocycles. The maximum absolute atomic E-state index is 12.6. The third kappa shape index (κ3) is 5.19. The van der Waals surface area contributed by atoms with E-state index in [0.717, 1.165) is 23.3 Å². The molecule has 0 radical (unpaired) electrons. The Balaban J connectivity index is 1.37. The number of carbonyl (C=O) groups is 1. The summed E-state index contributed by atoms with van der Waals surface area (Å²) in [5.41, 5.74) is 1.78. The molecule has 0 bridgehead atoms. The molecule has 0 spiro atoms. The number of amides is 1. The van der Waals surface area contributed by atoms with Crippen LogP contribution >= 0.6 is 0 Å². The molecule has 1 unspecified atom stereocenters. The second-order valence-electron chi connectivity index (χ2n) is 8.00. The summed E-state index contributed by atoms with van der Waals surface area (Å²) < 4.78 is 22.2. The van der Waals surface area contributed by atoms with Crippen molar-refractivity contribution in [3.8, 4) is 28.6 Å². The lowest BCUT2D eigenvalue weighted by Crippen LogP contribution is -2.35. The van der Waals surface area contributed by atoms with Crippen molar-refractivity contribution in [1.82, 2.24) is 15.5 Å². The van der Waals surface area contributed by atoms with Crippen molar-refractivity contribution in [2.75, 3.05) is 19.8 Å². The highest BCUT2D eigenvalue weighted by Gasteiger charge is 2.21. The molecule has 168 valence electrons. The van der Waals surface area contributed by atoms with Crippen LogP contribution in [0.1, 0.15) is 37.8 Å². The number of aryl methyl sites for hydroxylation is 1. The van der Waals surface area contributed by atoms with Crippen LogP contribution in [-0.2, 0) is 4.79 Å². The third-order valence-corrected chi connectivity index (χ3v) is 5.12. The first kappa shape index (κ1) is 21.7. The first-order valence-electron chi connectivity index (χ1n) is 10.7. The molecule has 1 atom stereocenters. The monoisotopic (exact) mass is 437 g/mol. The van der Waals surface area contributed by atoms with Gasteiger partial charge >= 0.3 is 0 Å². The van der Waals surface area contributed by atoms with Crippen molar-refractivity contribution in [2.24, 2.45) is 5.92 Å². The first-order chi connectivity index (χ1) is 15.5. The van der Waals surface area contributed by atoms with Crippen LogP contribution in [0.5, 0.6) is 17.2 Å². The fourth-order valence-electron chi connectivity index (χ4n) is 3.49. The second kappa shape index (κ2) is 9.72. The molecule has 1 aliphatic rings. The topological polar surface area (TPSA) is 95.7 Å². The predicted octanol–water partition coefficient (Wildman–Crippen LogP) is 4.10. The fourth-order valence-corrected chi connectivity index (χ4v) is 3.49. The van der Waals surface area contributed by atoms with Gasteiger partial charge in [-0.25, -0.2) is 0 Å². The average molecular weight is 437 g/mol. The molecule has 1 aromatic heterocycles. The molecule has 2 aromatic carbocycles. The minimum Gasteiger partial charge on any atom is -0.490 e. The van der Waals surface area contributed by atoms with E-state index in [1.807, 2.05) is 30.3 Å². The van der Waals surface area contributed by atoms with E-state index in [9.17, 15) is 4.79 Å². The molecule has 1 amide bonds. The van der Waals surface area contributed by atoms with E-state index < -0.39 is 0 Å². The first-order valence-corrected chi connectivity index (χ1v) is 10.7. The van der Waals surface area contributed by atoms with Crippen molar-refractivity contribution >= 4 is 5.91 Å². The van der Waals surface area contributed by atoms with Gasteiger partial charge in [0.1, 0.15) is 5.75 Å². The maximum atomic E-state index is 12.6. The lowest BCUT2D eigenvalue weighted by molar-refractivity contribution is -0.124. The predicted molar refractivity (Wildman–Crippen MR) is 118 cm³/mol. The highest BCUT2D eigenvalue weighted by atomic mass is 16.5. The number of fused-ring (bicyclic) bond motifs is 1. The van der Waals surface area contributed by atoms with E-state index in [1.54, 1.807) is 19.1 Å². The zero-order valence-electron chi connectivity index (χ0n) is 18.5. The summed E-state index contributed by atoms with van der Waals surface area (Å²) in [7, 11) is 0. The van der Waals surface area contributed by atoms with Crippen LogP contribution in [0.15, 0.2) is 47.0 Å². The molecule has 2 heterocycles. The van der Waals surface area contributed by atoms with Gasteiger partial charge in [-0.15, -0.1) is 0 Å². The van der Waals surface area contributed by atoms with Crippen LogP contribution in [0, 0.1) is 12.8 Å². The fraction of sp³-hybridized carbons (Fsp3) is 0.375. The van der Waals surface area contributed by atoms with Gasteiger partial charge < -0.3 is 24.1 Å². The molecule has 0 saturated heterocycles. The van der Waals surface area contributed by atoms with Crippen LogP contribution in [0.4, 0.5) is 0 Å². The van der Waals surface area contributed by atoms with Gasteiger partial charge in [-0.2, -0.15) is 4.98 Å². The zero-order valence-corrected chi connectivity index (χ0v) is 18.5. The minimum absolute atomic E-state index is 0.0889. The van der Waals surface area contributed by atoms with E-state index in [4.69, 9.17) is 18.7 Å². The van der Waals surface area contributed by atoms with Crippen LogP contribution in [0.25, 0.3) is 11.4 Å². The number of nitrogens with zero attached hydrogens (tertiary/aromatic N) is 2. The second-order valence-corrected chi connectivity index (χ2v) is 8.00. The Morgan fingerprint density at radius 2 is 1.84 bits per heavy atom. The summed E-state index contributed by atoms with van der Waals surface area (Å²) in [4.78, 5) is 16.8. The number of aromatic nitrogens is 2. The summed E-state index contributed by atoms with van der Waals surface area (Å²) in [5.74, 6) is 3.04. The summed E-state index contributed by atoms with van der Waals surface area (Å²) in [6.07, 6.45) is 0.849. The molecule has 1 aliphatic heterocycles. The molecule has 32 heavy (non-hydrogen) atoms. The van der Waals surface area contributed by atoms with Gasteiger partial charge in [0.15, 0.2) is 18.1 Å². The van der Waals surface area contributed by atoms with Crippen LogP contribution in [0.3, 0.4) is 0 Å². The van der Waals surface area contributed by atoms with E-state index in [1.165, 1.54) is 0 Å². The molecule has 1 N–H and O–H groups in total. The molecule has 8 heteroatoms. The zero-order chi connectivity index (χ0) is 22.5. The minimum atomic E-state index is -0.200. The Morgan fingerprint density at radius 1 is 1.09 bits per heavy atom. The van der Waals surface area contributed by atoms with Crippen molar-refractivity contribution < 1.29 is 23.5 Å². The van der Waals surface area contributed by atoms with Crippen molar-refractivity contribution in [3.05, 3.63) is 53.9 Å². The SMILES string of the molecule is Cc1nc(-c2ccc(OCC(=O)NC(c3ccc4c(c3)OCCCO4)C(C)C)cc2)no1. The molecule has 4 rings (SSSR count). The highest BCUT2D eigenvalue weighted by Crippen LogP contribution is 2.34. The van der Waals surface area contributed by atoms with E-state index in [2.05, 4.69) is 29.3 Å². The highest BCUT2D eigenvalue weighted by molar-refractivity contribution is 5.78. The van der Waals surface area contributed by atoms with Crippen molar-refractivity contribution in [1.29, 1.82) is 0 Å². The van der Waals surface area contributed by atoms with Gasteiger partial charge in [0.25, 0.3) is 5.91 Å². The maximum Gasteiger partial charge on any atom is 0.258 e. The number of hydrogen-bond donors (Lipinski definition) is 1. The van der Waals surface area contributed by atoms with Gasteiger partial charge in [-0.3, -0.25) is 4.79 Å². The number of rotatable bonds is 7. The Labute approximate surface area is 186 Å². The van der Waals surface area contributed by atoms with E-state index in [0.29, 0.717) is 36.4 Å². The Kier molecular flexibility index (Phi) is 6.58. The lowest BCUT2D eigenvalue weighted by Gasteiger charge is -2.24. The van der Waals surface area contributed by atoms with Crippen molar-refractivity contribution in [2.45, 2.75) is 33.2 Å². The number of carbonyl (C=O) groups excluding carboxylic acids is 1. The number of ether oxygens (including phenoxy) is 3. The number of benzene rings is 2. The summed E-state index contributed by atoms with van der Waals surface area (Å²) >= 11 is 0. The molecular weight excluding hydrogens is 410 g/mol. The van der Waals surface area contributed by atoms with Crippen molar-refractivity contribution in [3.63, 3.8) is 0 Å². The van der Waals surface area contributed by atoms with Crippen LogP contribution < -0.4 is 19.5 Å². The standard InChI is InChI=1S/C24H27N3O5/c1-15(2)23(18-7-10-20-21(13-18)30-12-4-11-29-20)26-22(28)14-31-19-8-5-17(6-9-19)24-25-16(3)32-27-24/h5-10,13,15,23H,4,11-12,14H2,1-3H3,(H,26,28). The Bertz CT molecular complexity index is 1060. The Morgan fingerprint density at radius 3 is 2.53 bits per heavy atom. The van der Waals surface area contributed by atoms with E-state index >= 15 is 0 Å². The van der Waals surface area contributed by atoms with Crippen LogP contribution in [-0.4, -0.2) is 35.9 Å². The Hall–Kier alpha value is -3.55. The molecule has 0 aliphatic carbocycles. The van der Waals surface area contributed by atoms with Gasteiger partial charge in [0.05, 0.1) is 19.3 Å². The number of nitrogens with one attached hydrogen (secondary N) is 1. The third-order valence-electron chi connectivity index (χ3n) is 5.12. The average Bonchev–Trinajstić information content (AvgIpc) is 3.09. The summed E-state index contributed by atoms with van der Waals surface area (Å²) in [5, 5.41) is 6.96. The largest absolute Gasteiger partial charge is 0.490 e. The molecule has 0 fully saturated rings. The molecule has 3 aromatic rings. The quantitative estimate of drug-likeness (QED) is 0.594. The lowest BCUT2D eigenvalue weighted by atomic mass is 9.95.